The van der Waals surface area contributed by atoms with Crippen molar-refractivity contribution in [1.29, 1.82) is 0 Å². The summed E-state index contributed by atoms with van der Waals surface area (Å²) in [6.07, 6.45) is 0.428. The molecule has 0 atom stereocenters. The fourth-order valence-corrected chi connectivity index (χ4v) is 0.622. The topological polar surface area (TPSA) is 20.3 Å². The SMILES string of the molecule is O=CN1CC(F)(F)C1. The largest absolute Gasteiger partial charge is 0.333 e. The second-order valence-corrected chi connectivity index (χ2v) is 1.87. The molecule has 0 unspecified atom stereocenters. The standard InChI is InChI=1S/C4H5F2NO/c5-4(6)1-7(2-4)3-8/h3H,1-2H2. The van der Waals surface area contributed by atoms with E-state index in [1.54, 1.807) is 0 Å². The molecule has 0 aromatic carbocycles. The van der Waals surface area contributed by atoms with Crippen molar-refractivity contribution in [1.82, 2.24) is 4.90 Å². The number of rotatable bonds is 1. The fraction of sp³-hybridized carbons (Fsp3) is 0.750. The number of halogens is 2. The van der Waals surface area contributed by atoms with E-state index in [1.807, 2.05) is 0 Å². The quantitative estimate of drug-likeness (QED) is 0.450. The minimum atomic E-state index is -2.61. The van der Waals surface area contributed by atoms with Gasteiger partial charge in [0.2, 0.25) is 6.41 Å². The Kier molecular flexibility index (Phi) is 0.957. The van der Waals surface area contributed by atoms with E-state index in [4.69, 9.17) is 0 Å². The predicted octanol–water partition coefficient (Wildman–Crippen LogP) is 0.0937. The van der Waals surface area contributed by atoms with Crippen LogP contribution in [0, 0.1) is 0 Å². The van der Waals surface area contributed by atoms with Crippen molar-refractivity contribution in [2.24, 2.45) is 0 Å². The van der Waals surface area contributed by atoms with Crippen LogP contribution in [0.2, 0.25) is 0 Å². The van der Waals surface area contributed by atoms with Gasteiger partial charge < -0.3 is 4.90 Å². The number of hydrogen-bond donors (Lipinski definition) is 0. The maximum Gasteiger partial charge on any atom is 0.282 e. The summed E-state index contributed by atoms with van der Waals surface area (Å²) >= 11 is 0. The summed E-state index contributed by atoms with van der Waals surface area (Å²) in [5.74, 6) is -2.61. The second kappa shape index (κ2) is 1.40. The Labute approximate surface area is 45.1 Å². The van der Waals surface area contributed by atoms with Gasteiger partial charge in [0, 0.05) is 0 Å². The molecule has 2 nitrogen and oxygen atoms in total. The summed E-state index contributed by atoms with van der Waals surface area (Å²) in [6, 6.07) is 0. The zero-order valence-electron chi connectivity index (χ0n) is 4.10. The molecule has 4 heteroatoms. The highest BCUT2D eigenvalue weighted by atomic mass is 19.3. The lowest BCUT2D eigenvalue weighted by molar-refractivity contribution is -0.153. The normalized spacial score (nSPS) is 24.5. The summed E-state index contributed by atoms with van der Waals surface area (Å²) in [5, 5.41) is 0. The summed E-state index contributed by atoms with van der Waals surface area (Å²) in [5.41, 5.74) is 0. The first-order chi connectivity index (χ1) is 3.64. The highest BCUT2D eigenvalue weighted by Gasteiger charge is 2.42. The van der Waals surface area contributed by atoms with Crippen molar-refractivity contribution in [2.75, 3.05) is 13.1 Å². The highest BCUT2D eigenvalue weighted by Crippen LogP contribution is 2.24. The van der Waals surface area contributed by atoms with Gasteiger partial charge in [-0.25, -0.2) is 8.78 Å². The van der Waals surface area contributed by atoms with Gasteiger partial charge in [-0.2, -0.15) is 0 Å². The Morgan fingerprint density at radius 3 is 2.12 bits per heavy atom. The van der Waals surface area contributed by atoms with Gasteiger partial charge in [-0.05, 0) is 0 Å². The first kappa shape index (κ1) is 5.47. The molecule has 1 aliphatic heterocycles. The number of carbonyl (C=O) groups excluding carboxylic acids is 1. The number of carbonyl (C=O) groups is 1. The van der Waals surface area contributed by atoms with E-state index in [-0.39, 0.29) is 0 Å². The fourth-order valence-electron chi connectivity index (χ4n) is 0.622. The molecule has 0 radical (unpaired) electrons. The van der Waals surface area contributed by atoms with Gasteiger partial charge >= 0.3 is 0 Å². The molecule has 1 heterocycles. The Morgan fingerprint density at radius 2 is 2.00 bits per heavy atom. The van der Waals surface area contributed by atoms with E-state index >= 15 is 0 Å². The molecule has 1 rings (SSSR count). The third-order valence-corrected chi connectivity index (χ3v) is 1.02. The number of hydrogen-bond acceptors (Lipinski definition) is 1. The molecular weight excluding hydrogens is 116 g/mol. The molecule has 1 aliphatic rings. The molecule has 46 valence electrons. The van der Waals surface area contributed by atoms with Gasteiger partial charge in [0.15, 0.2) is 0 Å². The molecule has 0 aromatic heterocycles. The predicted molar refractivity (Wildman–Crippen MR) is 22.6 cm³/mol. The van der Waals surface area contributed by atoms with Crippen LogP contribution in [0.1, 0.15) is 0 Å². The van der Waals surface area contributed by atoms with Crippen molar-refractivity contribution in [3.63, 3.8) is 0 Å². The average Bonchev–Trinajstić information content (AvgIpc) is 1.60. The minimum Gasteiger partial charge on any atom is -0.333 e. The molecule has 1 amide bonds. The molecule has 0 saturated carbocycles. The van der Waals surface area contributed by atoms with Crippen LogP contribution in [0.4, 0.5) is 8.78 Å². The van der Waals surface area contributed by atoms with E-state index < -0.39 is 19.0 Å². The van der Waals surface area contributed by atoms with Crippen LogP contribution in [0.5, 0.6) is 0 Å². The van der Waals surface area contributed by atoms with E-state index in [0.29, 0.717) is 6.41 Å². The molecule has 0 bridgehead atoms. The van der Waals surface area contributed by atoms with Crippen LogP contribution < -0.4 is 0 Å². The maximum atomic E-state index is 11.8. The average molecular weight is 121 g/mol. The Hall–Kier alpha value is -0.670. The van der Waals surface area contributed by atoms with E-state index in [9.17, 15) is 13.6 Å². The molecule has 0 N–H and O–H groups in total. The lowest BCUT2D eigenvalue weighted by Gasteiger charge is -2.35. The molecule has 0 spiro atoms. The Bertz CT molecular complexity index is 107. The summed E-state index contributed by atoms with van der Waals surface area (Å²) < 4.78 is 23.5. The van der Waals surface area contributed by atoms with Crippen molar-refractivity contribution in [2.45, 2.75) is 5.92 Å². The molecule has 0 aliphatic carbocycles. The first-order valence-corrected chi connectivity index (χ1v) is 2.21. The van der Waals surface area contributed by atoms with Gasteiger partial charge in [0.25, 0.3) is 5.92 Å². The zero-order valence-corrected chi connectivity index (χ0v) is 4.10. The lowest BCUT2D eigenvalue weighted by atomic mass is 10.2. The number of likely N-dealkylation sites (tertiary alicyclic amines) is 1. The maximum absolute atomic E-state index is 11.8. The van der Waals surface area contributed by atoms with Gasteiger partial charge in [0.1, 0.15) is 0 Å². The summed E-state index contributed by atoms with van der Waals surface area (Å²) in [7, 11) is 0. The monoisotopic (exact) mass is 121 g/mol. The summed E-state index contributed by atoms with van der Waals surface area (Å²) in [4.78, 5) is 10.7. The molecule has 0 aromatic rings. The second-order valence-electron chi connectivity index (χ2n) is 1.87. The molecule has 1 saturated heterocycles. The van der Waals surface area contributed by atoms with Crippen LogP contribution in [0.15, 0.2) is 0 Å². The van der Waals surface area contributed by atoms with E-state index in [1.165, 1.54) is 0 Å². The van der Waals surface area contributed by atoms with Crippen molar-refractivity contribution in [3.05, 3.63) is 0 Å². The lowest BCUT2D eigenvalue weighted by Crippen LogP contribution is -2.55. The Balaban J connectivity index is 2.31. The highest BCUT2D eigenvalue weighted by molar-refractivity contribution is 5.49. The third kappa shape index (κ3) is 0.778. The zero-order chi connectivity index (χ0) is 6.20. The minimum absolute atomic E-state index is 0.406. The van der Waals surface area contributed by atoms with Crippen LogP contribution >= 0.6 is 0 Å². The Morgan fingerprint density at radius 1 is 1.50 bits per heavy atom. The molecule has 8 heavy (non-hydrogen) atoms. The van der Waals surface area contributed by atoms with Crippen LogP contribution in [0.25, 0.3) is 0 Å². The van der Waals surface area contributed by atoms with Gasteiger partial charge in [-0.1, -0.05) is 0 Å². The van der Waals surface area contributed by atoms with Crippen molar-refractivity contribution >= 4 is 6.41 Å². The number of amides is 1. The van der Waals surface area contributed by atoms with Gasteiger partial charge in [-0.3, -0.25) is 4.79 Å². The van der Waals surface area contributed by atoms with Gasteiger partial charge in [-0.15, -0.1) is 0 Å². The number of nitrogens with zero attached hydrogens (tertiary/aromatic N) is 1. The molecule has 1 fully saturated rings. The van der Waals surface area contributed by atoms with Crippen molar-refractivity contribution < 1.29 is 13.6 Å². The smallest absolute Gasteiger partial charge is 0.282 e. The van der Waals surface area contributed by atoms with Crippen molar-refractivity contribution in [3.8, 4) is 0 Å². The third-order valence-electron chi connectivity index (χ3n) is 1.02. The van der Waals surface area contributed by atoms with E-state index in [2.05, 4.69) is 0 Å². The van der Waals surface area contributed by atoms with Crippen LogP contribution in [-0.2, 0) is 4.79 Å². The van der Waals surface area contributed by atoms with E-state index in [0.717, 1.165) is 4.90 Å². The first-order valence-electron chi connectivity index (χ1n) is 2.21. The van der Waals surface area contributed by atoms with Crippen LogP contribution in [0.3, 0.4) is 0 Å². The molecular formula is C4H5F2NO. The number of alkyl halides is 2. The summed E-state index contributed by atoms with van der Waals surface area (Å²) in [6.45, 7) is -0.812. The van der Waals surface area contributed by atoms with Crippen LogP contribution in [-0.4, -0.2) is 30.3 Å². The van der Waals surface area contributed by atoms with Gasteiger partial charge in [0.05, 0.1) is 13.1 Å².